The van der Waals surface area contributed by atoms with E-state index in [2.05, 4.69) is 5.32 Å². The van der Waals surface area contributed by atoms with Crippen LogP contribution in [0.5, 0.6) is 11.5 Å². The van der Waals surface area contributed by atoms with Crippen LogP contribution in [0.4, 0.5) is 0 Å². The van der Waals surface area contributed by atoms with E-state index in [0.29, 0.717) is 31.1 Å². The average molecular weight is 855 g/mol. The number of nitrogens with one attached hydrogen (secondary N) is 1. The lowest BCUT2D eigenvalue weighted by atomic mass is 9.77. The van der Waals surface area contributed by atoms with E-state index in [9.17, 15) is 25.2 Å². The molecule has 0 aliphatic carbocycles. The van der Waals surface area contributed by atoms with Crippen molar-refractivity contribution >= 4 is 5.97 Å². The Labute approximate surface area is 358 Å². The average Bonchev–Trinajstić information content (AvgIpc) is 3.19. The maximum atomic E-state index is 14.4. The van der Waals surface area contributed by atoms with Gasteiger partial charge in [-0.3, -0.25) is 4.79 Å². The van der Waals surface area contributed by atoms with Gasteiger partial charge in [0.1, 0.15) is 35.4 Å². The van der Waals surface area contributed by atoms with Crippen molar-refractivity contribution in [2.75, 3.05) is 34.4 Å². The standard InChI is InChI=1S/C45H78N2O13/c1-15-34-45(11,52)38(48)29(7)47(13)24-25(3)22-43(9,51)40(27(5)36(28(6)41(50)58-34)59-35-23-44(10,53-14)39(49)30(8)56-35)60-42-37(33(46-12)21-26(4)55-42)57-32-19-17-31(18-20-32)54-16-2/h17-20,25-30,33-40,42,46,48-49,51-52H,15-16,21-24H2,1-14H3/t25-,26-,27+,28-,29-,30+,33+,34-,35+,36+,37-,38-,39+,40-,42+,43-,44-,45-/m1/s1. The van der Waals surface area contributed by atoms with Crippen LogP contribution in [-0.4, -0.2) is 156 Å². The summed E-state index contributed by atoms with van der Waals surface area (Å²) >= 11 is 0. The van der Waals surface area contributed by atoms with Crippen LogP contribution in [0.1, 0.15) is 102 Å². The molecule has 1 aromatic rings. The van der Waals surface area contributed by atoms with Crippen molar-refractivity contribution in [2.24, 2.45) is 17.8 Å². The third-order valence-electron chi connectivity index (χ3n) is 13.3. The highest BCUT2D eigenvalue weighted by molar-refractivity contribution is 5.73. The van der Waals surface area contributed by atoms with Crippen LogP contribution in [0.15, 0.2) is 24.3 Å². The largest absolute Gasteiger partial charge is 0.494 e. The van der Waals surface area contributed by atoms with Crippen molar-refractivity contribution in [3.8, 4) is 11.5 Å². The van der Waals surface area contributed by atoms with Gasteiger partial charge in [0.25, 0.3) is 0 Å². The third-order valence-corrected chi connectivity index (χ3v) is 13.3. The van der Waals surface area contributed by atoms with E-state index >= 15 is 0 Å². The number of hydrogen-bond acceptors (Lipinski definition) is 15. The second-order valence-electron chi connectivity index (χ2n) is 18.5. The molecule has 0 aromatic heterocycles. The molecule has 15 nitrogen and oxygen atoms in total. The Kier molecular flexibility index (Phi) is 17.7. The molecule has 0 radical (unpaired) electrons. The predicted molar refractivity (Wildman–Crippen MR) is 226 cm³/mol. The number of cyclic esters (lactones) is 1. The molecule has 3 saturated heterocycles. The highest BCUT2D eigenvalue weighted by Gasteiger charge is 2.53. The molecule has 346 valence electrons. The highest BCUT2D eigenvalue weighted by Crippen LogP contribution is 2.40. The van der Waals surface area contributed by atoms with Crippen LogP contribution in [0.3, 0.4) is 0 Å². The molecule has 3 heterocycles. The van der Waals surface area contributed by atoms with E-state index in [1.54, 1.807) is 34.6 Å². The Hall–Kier alpha value is -2.15. The molecule has 0 spiro atoms. The normalized spacial score (nSPS) is 44.3. The van der Waals surface area contributed by atoms with Gasteiger partial charge in [0.15, 0.2) is 18.7 Å². The zero-order valence-electron chi connectivity index (χ0n) is 38.6. The molecule has 0 amide bonds. The molecule has 1 aromatic carbocycles. The Morgan fingerprint density at radius 2 is 1.53 bits per heavy atom. The Balaban J connectivity index is 1.84. The Morgan fingerprint density at radius 1 is 0.900 bits per heavy atom. The lowest BCUT2D eigenvalue weighted by molar-refractivity contribution is -0.314. The minimum atomic E-state index is -1.81. The van der Waals surface area contributed by atoms with Gasteiger partial charge in [-0.15, -0.1) is 0 Å². The van der Waals surface area contributed by atoms with Gasteiger partial charge in [0.2, 0.25) is 0 Å². The molecule has 0 unspecified atom stereocenters. The quantitative estimate of drug-likeness (QED) is 0.201. The first kappa shape index (κ1) is 50.5. The smallest absolute Gasteiger partial charge is 0.311 e. The van der Waals surface area contributed by atoms with Gasteiger partial charge < -0.3 is 68.5 Å². The molecular formula is C45H78N2O13. The first-order valence-corrected chi connectivity index (χ1v) is 22.0. The molecule has 3 aliphatic heterocycles. The number of nitrogens with zero attached hydrogens (tertiary/aromatic N) is 1. The summed E-state index contributed by atoms with van der Waals surface area (Å²) in [4.78, 5) is 16.4. The van der Waals surface area contributed by atoms with E-state index in [1.807, 2.05) is 77.9 Å². The lowest BCUT2D eigenvalue weighted by Gasteiger charge is -2.48. The second-order valence-corrected chi connectivity index (χ2v) is 18.5. The predicted octanol–water partition coefficient (Wildman–Crippen LogP) is 4.04. The Bertz CT molecular complexity index is 1480. The number of aliphatic hydroxyl groups excluding tert-OH is 2. The lowest BCUT2D eigenvalue weighted by Crippen LogP contribution is -2.61. The van der Waals surface area contributed by atoms with Crippen LogP contribution >= 0.6 is 0 Å². The second kappa shape index (κ2) is 21.0. The third kappa shape index (κ3) is 11.7. The fraction of sp³-hybridized carbons (Fsp3) is 0.844. The van der Waals surface area contributed by atoms with Crippen LogP contribution in [0.25, 0.3) is 0 Å². The first-order chi connectivity index (χ1) is 28.0. The van der Waals surface area contributed by atoms with E-state index < -0.39 is 96.0 Å². The topological polar surface area (TPSA) is 187 Å². The van der Waals surface area contributed by atoms with Crippen molar-refractivity contribution in [2.45, 2.75) is 192 Å². The van der Waals surface area contributed by atoms with Crippen molar-refractivity contribution in [3.05, 3.63) is 24.3 Å². The van der Waals surface area contributed by atoms with Crippen molar-refractivity contribution in [3.63, 3.8) is 0 Å². The molecular weight excluding hydrogens is 776 g/mol. The minimum Gasteiger partial charge on any atom is -0.494 e. The van der Waals surface area contributed by atoms with Crippen LogP contribution in [-0.2, 0) is 33.2 Å². The number of hydrogen-bond donors (Lipinski definition) is 5. The number of methoxy groups -OCH3 is 1. The van der Waals surface area contributed by atoms with Crippen molar-refractivity contribution in [1.29, 1.82) is 0 Å². The van der Waals surface area contributed by atoms with Gasteiger partial charge in [0, 0.05) is 32.0 Å². The Morgan fingerprint density at radius 3 is 2.12 bits per heavy atom. The van der Waals surface area contributed by atoms with Gasteiger partial charge in [-0.1, -0.05) is 20.8 Å². The fourth-order valence-corrected chi connectivity index (χ4v) is 9.59. The summed E-state index contributed by atoms with van der Waals surface area (Å²) < 4.78 is 50.9. The number of rotatable bonds is 11. The molecule has 0 bridgehead atoms. The van der Waals surface area contributed by atoms with E-state index in [4.69, 9.17) is 37.9 Å². The maximum Gasteiger partial charge on any atom is 0.311 e. The molecule has 4 rings (SSSR count). The summed E-state index contributed by atoms with van der Waals surface area (Å²) in [5.41, 5.74) is -4.41. The SMILES string of the molecule is CCOc1ccc(O[C@H]2[C@H](O[C@@H]3[C@@H](C)[C@H](O[C@H]4C[C@@](C)(OC)[C@@H](O)[C@H](C)O4)[C@@H](C)C(=O)O[C@H](CC)[C@@](C)(O)[C@H](O)[C@@H](C)N(C)C[C@H](C)C[C@@]3(C)O)O[C@H](C)C[C@@H]2NC)cc1. The summed E-state index contributed by atoms with van der Waals surface area (Å²) in [6.45, 7) is 20.8. The van der Waals surface area contributed by atoms with Crippen molar-refractivity contribution < 1.29 is 63.1 Å². The first-order valence-electron chi connectivity index (χ1n) is 22.0. The zero-order chi connectivity index (χ0) is 44.9. The zero-order valence-corrected chi connectivity index (χ0v) is 38.6. The van der Waals surface area contributed by atoms with Gasteiger partial charge in [-0.25, -0.2) is 0 Å². The summed E-state index contributed by atoms with van der Waals surface area (Å²) in [5.74, 6) is -1.30. The molecule has 5 N–H and O–H groups in total. The summed E-state index contributed by atoms with van der Waals surface area (Å²) in [6, 6.07) is 6.60. The van der Waals surface area contributed by atoms with Gasteiger partial charge in [0.05, 0.1) is 54.2 Å². The number of ether oxygens (including phenoxy) is 8. The number of benzene rings is 1. The molecule has 60 heavy (non-hydrogen) atoms. The summed E-state index contributed by atoms with van der Waals surface area (Å²) in [5, 5.41) is 50.7. The summed E-state index contributed by atoms with van der Waals surface area (Å²) in [6.07, 6.45) is -7.69. The van der Waals surface area contributed by atoms with Crippen molar-refractivity contribution in [1.82, 2.24) is 10.2 Å². The number of aliphatic hydroxyl groups is 4. The van der Waals surface area contributed by atoms with Crippen LogP contribution in [0, 0.1) is 17.8 Å². The number of likely N-dealkylation sites (N-methyl/N-ethyl adjacent to an activating group) is 2. The van der Waals surface area contributed by atoms with E-state index in [1.165, 1.54) is 14.0 Å². The monoisotopic (exact) mass is 855 g/mol. The molecule has 3 aliphatic rings. The van der Waals surface area contributed by atoms with Gasteiger partial charge in [-0.05, 0) is 119 Å². The molecule has 3 fully saturated rings. The summed E-state index contributed by atoms with van der Waals surface area (Å²) in [7, 11) is 5.24. The molecule has 18 atom stereocenters. The highest BCUT2D eigenvalue weighted by atomic mass is 16.7. The van der Waals surface area contributed by atoms with Crippen LogP contribution in [0.2, 0.25) is 0 Å². The van der Waals surface area contributed by atoms with Gasteiger partial charge in [-0.2, -0.15) is 0 Å². The number of esters is 1. The molecule has 15 heteroatoms. The van der Waals surface area contributed by atoms with Gasteiger partial charge >= 0.3 is 5.97 Å². The number of carbonyl (C=O) groups excluding carboxylic acids is 1. The van der Waals surface area contributed by atoms with E-state index in [0.717, 1.165) is 0 Å². The molecule has 0 saturated carbocycles. The van der Waals surface area contributed by atoms with E-state index in [-0.39, 0.29) is 37.3 Å². The fourth-order valence-electron chi connectivity index (χ4n) is 9.59. The van der Waals surface area contributed by atoms with Crippen LogP contribution < -0.4 is 14.8 Å². The maximum absolute atomic E-state index is 14.4. The minimum absolute atomic E-state index is 0.132. The number of carbonyl (C=O) groups is 1.